The van der Waals surface area contributed by atoms with Crippen molar-refractivity contribution in [1.29, 1.82) is 0 Å². The number of unbranched alkanes of at least 4 members (excludes halogenated alkanes) is 1. The minimum absolute atomic E-state index is 0.255. The lowest BCUT2D eigenvalue weighted by Gasteiger charge is -2.36. The molecule has 0 aromatic rings. The molecule has 5 heteroatoms. The Balaban J connectivity index is 2.48. The largest absolute Gasteiger partial charge is 0.444 e. The van der Waals surface area contributed by atoms with Gasteiger partial charge in [-0.1, -0.05) is 13.3 Å². The molecule has 20 heavy (non-hydrogen) atoms. The molecule has 0 aromatic carbocycles. The van der Waals surface area contributed by atoms with Crippen LogP contribution in [0.4, 0.5) is 4.79 Å². The van der Waals surface area contributed by atoms with Crippen molar-refractivity contribution in [2.24, 2.45) is 11.7 Å². The standard InChI is InChI=1S/C15H28N2O3/c1-4-5-8-13(18)17-9-6-7-12(11-17)10-15(2,3)20-14(16)19/h12H,4-11H2,1-3H3,(H2,16,19)/t12-/m1/s1. The molecule has 1 saturated heterocycles. The van der Waals surface area contributed by atoms with Gasteiger partial charge < -0.3 is 15.4 Å². The van der Waals surface area contributed by atoms with E-state index in [9.17, 15) is 9.59 Å². The van der Waals surface area contributed by atoms with Crippen LogP contribution in [0.25, 0.3) is 0 Å². The Morgan fingerprint density at radius 1 is 1.40 bits per heavy atom. The number of nitrogens with zero attached hydrogens (tertiary/aromatic N) is 1. The number of ether oxygens (including phenoxy) is 1. The highest BCUT2D eigenvalue weighted by molar-refractivity contribution is 5.76. The minimum atomic E-state index is -0.735. The van der Waals surface area contributed by atoms with Crippen molar-refractivity contribution in [2.45, 2.75) is 64.9 Å². The number of nitrogens with two attached hydrogens (primary N) is 1. The van der Waals surface area contributed by atoms with Crippen LogP contribution in [-0.4, -0.2) is 35.6 Å². The fraction of sp³-hybridized carbons (Fsp3) is 0.867. The first-order chi connectivity index (χ1) is 9.34. The maximum atomic E-state index is 12.1. The average molecular weight is 284 g/mol. The van der Waals surface area contributed by atoms with E-state index in [1.54, 1.807) is 0 Å². The van der Waals surface area contributed by atoms with Gasteiger partial charge in [0, 0.05) is 19.5 Å². The topological polar surface area (TPSA) is 72.6 Å². The Morgan fingerprint density at radius 2 is 2.10 bits per heavy atom. The molecule has 2 N–H and O–H groups in total. The number of likely N-dealkylation sites (tertiary alicyclic amines) is 1. The molecule has 1 aliphatic rings. The van der Waals surface area contributed by atoms with Gasteiger partial charge in [0.2, 0.25) is 5.91 Å². The zero-order valence-corrected chi connectivity index (χ0v) is 13.0. The summed E-state index contributed by atoms with van der Waals surface area (Å²) in [4.78, 5) is 24.9. The maximum Gasteiger partial charge on any atom is 0.405 e. The van der Waals surface area contributed by atoms with Crippen LogP contribution in [0.1, 0.15) is 59.3 Å². The third-order valence-electron chi connectivity index (χ3n) is 3.77. The highest BCUT2D eigenvalue weighted by Crippen LogP contribution is 2.28. The zero-order chi connectivity index (χ0) is 15.2. The van der Waals surface area contributed by atoms with Crippen LogP contribution in [-0.2, 0) is 9.53 Å². The molecule has 0 radical (unpaired) electrons. The van der Waals surface area contributed by atoms with Crippen molar-refractivity contribution in [2.75, 3.05) is 13.1 Å². The third-order valence-corrected chi connectivity index (χ3v) is 3.77. The van der Waals surface area contributed by atoms with Gasteiger partial charge in [0.1, 0.15) is 5.60 Å². The van der Waals surface area contributed by atoms with Crippen molar-refractivity contribution in [3.63, 3.8) is 0 Å². The second-order valence-corrected chi connectivity index (χ2v) is 6.34. The molecule has 0 spiro atoms. The Labute approximate surface area is 121 Å². The molecular formula is C15H28N2O3. The smallest absolute Gasteiger partial charge is 0.405 e. The minimum Gasteiger partial charge on any atom is -0.444 e. The molecule has 0 unspecified atom stereocenters. The van der Waals surface area contributed by atoms with Crippen molar-refractivity contribution < 1.29 is 14.3 Å². The summed E-state index contributed by atoms with van der Waals surface area (Å²) in [7, 11) is 0. The van der Waals surface area contributed by atoms with Gasteiger partial charge in [0.15, 0.2) is 0 Å². The summed E-state index contributed by atoms with van der Waals surface area (Å²) in [5.41, 5.74) is 4.52. The van der Waals surface area contributed by atoms with Gasteiger partial charge in [-0.15, -0.1) is 0 Å². The second-order valence-electron chi connectivity index (χ2n) is 6.34. The molecule has 1 fully saturated rings. The number of rotatable bonds is 6. The molecular weight excluding hydrogens is 256 g/mol. The fourth-order valence-corrected chi connectivity index (χ4v) is 2.95. The Morgan fingerprint density at radius 3 is 2.70 bits per heavy atom. The predicted octanol–water partition coefficient (Wildman–Crippen LogP) is 2.68. The van der Waals surface area contributed by atoms with E-state index < -0.39 is 11.7 Å². The maximum absolute atomic E-state index is 12.1. The Kier molecular flexibility index (Phi) is 6.30. The van der Waals surface area contributed by atoms with Crippen LogP contribution in [0.5, 0.6) is 0 Å². The molecule has 0 aliphatic carbocycles. The first kappa shape index (κ1) is 16.8. The number of carbonyl (C=O) groups excluding carboxylic acids is 2. The molecule has 0 bridgehead atoms. The van der Waals surface area contributed by atoms with E-state index in [1.807, 2.05) is 18.7 Å². The van der Waals surface area contributed by atoms with Crippen LogP contribution in [0.15, 0.2) is 0 Å². The van der Waals surface area contributed by atoms with Gasteiger partial charge >= 0.3 is 6.09 Å². The van der Waals surface area contributed by atoms with E-state index in [-0.39, 0.29) is 5.91 Å². The molecule has 0 aromatic heterocycles. The Bertz CT molecular complexity index is 342. The summed E-state index contributed by atoms with van der Waals surface area (Å²) >= 11 is 0. The number of hydrogen-bond donors (Lipinski definition) is 1. The first-order valence-corrected chi connectivity index (χ1v) is 7.60. The number of amides is 2. The van der Waals surface area contributed by atoms with Crippen molar-refractivity contribution in [3.8, 4) is 0 Å². The van der Waals surface area contributed by atoms with Gasteiger partial charge in [-0.3, -0.25) is 4.79 Å². The molecule has 5 nitrogen and oxygen atoms in total. The van der Waals surface area contributed by atoms with Crippen molar-refractivity contribution >= 4 is 12.0 Å². The third kappa shape index (κ3) is 5.80. The van der Waals surface area contributed by atoms with Crippen LogP contribution >= 0.6 is 0 Å². The van der Waals surface area contributed by atoms with E-state index in [4.69, 9.17) is 10.5 Å². The summed E-state index contributed by atoms with van der Waals surface area (Å²) in [5.74, 6) is 0.633. The van der Waals surface area contributed by atoms with E-state index in [1.165, 1.54) is 0 Å². The second kappa shape index (κ2) is 7.50. The molecule has 1 rings (SSSR count). The van der Waals surface area contributed by atoms with Gasteiger partial charge in [-0.2, -0.15) is 0 Å². The number of primary amides is 1. The summed E-state index contributed by atoms with van der Waals surface area (Å²) in [6.07, 6.45) is 4.75. The van der Waals surface area contributed by atoms with Crippen LogP contribution in [0.3, 0.4) is 0 Å². The SMILES string of the molecule is CCCCC(=O)N1CCC[C@H](CC(C)(C)OC(N)=O)C1. The fourth-order valence-electron chi connectivity index (χ4n) is 2.95. The van der Waals surface area contributed by atoms with E-state index in [2.05, 4.69) is 6.92 Å². The average Bonchev–Trinajstić information content (AvgIpc) is 2.33. The molecule has 116 valence electrons. The summed E-state index contributed by atoms with van der Waals surface area (Å²) < 4.78 is 5.14. The van der Waals surface area contributed by atoms with Crippen LogP contribution < -0.4 is 5.73 Å². The molecule has 1 atom stereocenters. The monoisotopic (exact) mass is 284 g/mol. The first-order valence-electron chi connectivity index (χ1n) is 7.60. The number of hydrogen-bond acceptors (Lipinski definition) is 3. The van der Waals surface area contributed by atoms with E-state index >= 15 is 0 Å². The highest BCUT2D eigenvalue weighted by atomic mass is 16.6. The van der Waals surface area contributed by atoms with Gasteiger partial charge in [0.05, 0.1) is 0 Å². The summed E-state index contributed by atoms with van der Waals surface area (Å²) in [5, 5.41) is 0. The van der Waals surface area contributed by atoms with Gasteiger partial charge in [-0.25, -0.2) is 4.79 Å². The van der Waals surface area contributed by atoms with Gasteiger partial charge in [-0.05, 0) is 45.4 Å². The lowest BCUT2D eigenvalue weighted by molar-refractivity contribution is -0.133. The lowest BCUT2D eigenvalue weighted by Crippen LogP contribution is -2.43. The van der Waals surface area contributed by atoms with Crippen molar-refractivity contribution in [1.82, 2.24) is 4.90 Å². The quantitative estimate of drug-likeness (QED) is 0.815. The van der Waals surface area contributed by atoms with Crippen LogP contribution in [0, 0.1) is 5.92 Å². The summed E-state index contributed by atoms with van der Waals surface area (Å²) in [6, 6.07) is 0. The summed E-state index contributed by atoms with van der Waals surface area (Å²) in [6.45, 7) is 7.46. The Hall–Kier alpha value is -1.26. The van der Waals surface area contributed by atoms with E-state index in [0.717, 1.165) is 45.2 Å². The highest BCUT2D eigenvalue weighted by Gasteiger charge is 2.30. The predicted molar refractivity (Wildman–Crippen MR) is 78.2 cm³/mol. The molecule has 1 aliphatic heterocycles. The number of carbonyl (C=O) groups is 2. The van der Waals surface area contributed by atoms with E-state index in [0.29, 0.717) is 12.3 Å². The number of piperidine rings is 1. The molecule has 1 heterocycles. The molecule has 2 amide bonds. The zero-order valence-electron chi connectivity index (χ0n) is 13.0. The lowest BCUT2D eigenvalue weighted by atomic mass is 9.87. The van der Waals surface area contributed by atoms with Gasteiger partial charge in [0.25, 0.3) is 0 Å². The normalized spacial score (nSPS) is 19.8. The van der Waals surface area contributed by atoms with Crippen molar-refractivity contribution in [3.05, 3.63) is 0 Å². The van der Waals surface area contributed by atoms with Crippen LogP contribution in [0.2, 0.25) is 0 Å². The molecule has 0 saturated carbocycles.